The van der Waals surface area contributed by atoms with Gasteiger partial charge in [0.25, 0.3) is 0 Å². The van der Waals surface area contributed by atoms with Crippen LogP contribution in [0.15, 0.2) is 57.7 Å². The summed E-state index contributed by atoms with van der Waals surface area (Å²) in [6.45, 7) is 0. The number of para-hydroxylation sites is 1. The van der Waals surface area contributed by atoms with Crippen molar-refractivity contribution in [2.45, 2.75) is 0 Å². The number of hydrogen-bond donors (Lipinski definition) is 1. The lowest BCUT2D eigenvalue weighted by Gasteiger charge is -2.04. The number of hydrogen-bond acceptors (Lipinski definition) is 5. The second-order valence-corrected chi connectivity index (χ2v) is 5.65. The van der Waals surface area contributed by atoms with E-state index in [1.165, 1.54) is 17.4 Å². The number of nitrogens with zero attached hydrogens (tertiary/aromatic N) is 1. The third-order valence-corrected chi connectivity index (χ3v) is 4.33. The van der Waals surface area contributed by atoms with E-state index in [9.17, 15) is 9.90 Å². The van der Waals surface area contributed by atoms with Crippen molar-refractivity contribution in [2.75, 3.05) is 0 Å². The van der Waals surface area contributed by atoms with E-state index < -0.39 is 5.63 Å². The molecule has 0 saturated heterocycles. The zero-order chi connectivity index (χ0) is 14.4. The molecule has 0 atom stereocenters. The molecule has 0 bridgehead atoms. The van der Waals surface area contributed by atoms with Crippen molar-refractivity contribution in [2.24, 2.45) is 0 Å². The molecule has 0 fully saturated rings. The number of aromatic nitrogens is 1. The Hall–Kier alpha value is -2.66. The number of phenolic OH excluding ortho intramolecular Hbond substituents is 1. The van der Waals surface area contributed by atoms with Crippen LogP contribution in [0, 0.1) is 0 Å². The number of phenols is 1. The lowest BCUT2D eigenvalue weighted by Crippen LogP contribution is -1.95. The molecule has 2 aromatic carbocycles. The van der Waals surface area contributed by atoms with Gasteiger partial charge in [-0.05, 0) is 30.3 Å². The van der Waals surface area contributed by atoms with E-state index in [1.807, 2.05) is 24.3 Å². The third-order valence-electron chi connectivity index (χ3n) is 3.28. The maximum atomic E-state index is 11.5. The molecule has 2 aromatic heterocycles. The highest BCUT2D eigenvalue weighted by molar-refractivity contribution is 7.21. The van der Waals surface area contributed by atoms with Crippen LogP contribution in [0.4, 0.5) is 0 Å². The van der Waals surface area contributed by atoms with Crippen LogP contribution < -0.4 is 5.63 Å². The second kappa shape index (κ2) is 4.43. The summed E-state index contributed by atoms with van der Waals surface area (Å²) in [5.74, 6) is 0.0518. The molecule has 2 heterocycles. The number of rotatable bonds is 1. The van der Waals surface area contributed by atoms with Crippen molar-refractivity contribution in [3.8, 4) is 16.3 Å². The Labute approximate surface area is 122 Å². The molecule has 102 valence electrons. The summed E-state index contributed by atoms with van der Waals surface area (Å²) in [5, 5.41) is 11.6. The first-order chi connectivity index (χ1) is 10.2. The van der Waals surface area contributed by atoms with Gasteiger partial charge in [-0.3, -0.25) is 0 Å². The van der Waals surface area contributed by atoms with Gasteiger partial charge in [0.2, 0.25) is 0 Å². The van der Waals surface area contributed by atoms with Gasteiger partial charge >= 0.3 is 5.63 Å². The summed E-state index contributed by atoms with van der Waals surface area (Å²) in [7, 11) is 0. The lowest BCUT2D eigenvalue weighted by molar-refractivity contribution is 0.475. The van der Waals surface area contributed by atoms with E-state index >= 15 is 0 Å². The van der Waals surface area contributed by atoms with E-state index in [0.29, 0.717) is 16.2 Å². The average molecular weight is 295 g/mol. The molecule has 0 saturated carbocycles. The molecule has 21 heavy (non-hydrogen) atoms. The van der Waals surface area contributed by atoms with Crippen molar-refractivity contribution >= 4 is 32.5 Å². The van der Waals surface area contributed by atoms with Crippen LogP contribution >= 0.6 is 11.3 Å². The van der Waals surface area contributed by atoms with E-state index in [2.05, 4.69) is 4.98 Å². The summed E-state index contributed by atoms with van der Waals surface area (Å²) >= 11 is 1.45. The maximum Gasteiger partial charge on any atom is 0.336 e. The number of fused-ring (bicyclic) bond motifs is 2. The highest BCUT2D eigenvalue weighted by Gasteiger charge is 2.16. The molecule has 0 aliphatic heterocycles. The Morgan fingerprint density at radius 3 is 2.71 bits per heavy atom. The molecular weight excluding hydrogens is 286 g/mol. The fourth-order valence-corrected chi connectivity index (χ4v) is 3.32. The SMILES string of the molecule is O=c1ccc2ccc(O)c(-c3nc4ccccc4s3)c2o1. The standard InChI is InChI=1S/C16H9NO3S/c18-11-7-5-9-6-8-13(19)20-15(9)14(11)16-17-10-3-1-2-4-12(10)21-16/h1-8,18H. The summed E-state index contributed by atoms with van der Waals surface area (Å²) in [6, 6.07) is 14.1. The molecule has 0 aliphatic carbocycles. The van der Waals surface area contributed by atoms with Crippen molar-refractivity contribution < 1.29 is 9.52 Å². The minimum absolute atomic E-state index is 0.0518. The van der Waals surface area contributed by atoms with Gasteiger partial charge in [0, 0.05) is 11.5 Å². The molecular formula is C16H9NO3S. The molecule has 0 amide bonds. The first-order valence-corrected chi connectivity index (χ1v) is 7.16. The Morgan fingerprint density at radius 2 is 1.86 bits per heavy atom. The van der Waals surface area contributed by atoms with Crippen LogP contribution in [0.1, 0.15) is 0 Å². The first-order valence-electron chi connectivity index (χ1n) is 6.34. The summed E-state index contributed by atoms with van der Waals surface area (Å²) in [6.07, 6.45) is 0. The third kappa shape index (κ3) is 1.90. The van der Waals surface area contributed by atoms with Crippen molar-refractivity contribution in [3.05, 3.63) is 59.0 Å². The first kappa shape index (κ1) is 12.1. The zero-order valence-electron chi connectivity index (χ0n) is 10.7. The van der Waals surface area contributed by atoms with E-state index in [0.717, 1.165) is 15.6 Å². The second-order valence-electron chi connectivity index (χ2n) is 4.62. The quantitative estimate of drug-likeness (QED) is 0.543. The minimum atomic E-state index is -0.449. The largest absolute Gasteiger partial charge is 0.507 e. The van der Waals surface area contributed by atoms with Gasteiger partial charge in [0.1, 0.15) is 10.8 Å². The molecule has 0 aliphatic rings. The fourth-order valence-electron chi connectivity index (χ4n) is 2.31. The fraction of sp³-hybridized carbons (Fsp3) is 0. The Morgan fingerprint density at radius 1 is 1.05 bits per heavy atom. The molecule has 0 spiro atoms. The van der Waals surface area contributed by atoms with Crippen LogP contribution in [0.2, 0.25) is 0 Å². The predicted molar refractivity (Wildman–Crippen MR) is 82.8 cm³/mol. The van der Waals surface area contributed by atoms with Crippen LogP contribution in [0.3, 0.4) is 0 Å². The molecule has 5 heteroatoms. The van der Waals surface area contributed by atoms with Crippen LogP contribution in [-0.2, 0) is 0 Å². The van der Waals surface area contributed by atoms with Crippen molar-refractivity contribution in [3.63, 3.8) is 0 Å². The Balaban J connectivity index is 2.11. The number of aromatic hydroxyl groups is 1. The van der Waals surface area contributed by atoms with E-state index in [1.54, 1.807) is 18.2 Å². The zero-order valence-corrected chi connectivity index (χ0v) is 11.6. The minimum Gasteiger partial charge on any atom is -0.507 e. The van der Waals surface area contributed by atoms with Crippen LogP contribution in [0.25, 0.3) is 31.8 Å². The van der Waals surface area contributed by atoms with Gasteiger partial charge in [-0.1, -0.05) is 12.1 Å². The van der Waals surface area contributed by atoms with Gasteiger partial charge < -0.3 is 9.52 Å². The van der Waals surface area contributed by atoms with Gasteiger partial charge in [0.15, 0.2) is 5.58 Å². The molecule has 0 radical (unpaired) electrons. The normalized spacial score (nSPS) is 11.2. The van der Waals surface area contributed by atoms with Gasteiger partial charge in [0.05, 0.1) is 15.8 Å². The van der Waals surface area contributed by atoms with E-state index in [-0.39, 0.29) is 5.75 Å². The monoisotopic (exact) mass is 295 g/mol. The smallest absolute Gasteiger partial charge is 0.336 e. The topological polar surface area (TPSA) is 63.3 Å². The highest BCUT2D eigenvalue weighted by atomic mass is 32.1. The summed E-state index contributed by atoms with van der Waals surface area (Å²) in [5.41, 5.74) is 1.23. The summed E-state index contributed by atoms with van der Waals surface area (Å²) in [4.78, 5) is 16.0. The van der Waals surface area contributed by atoms with Gasteiger partial charge in [-0.2, -0.15) is 0 Å². The Kier molecular flexibility index (Phi) is 2.55. The van der Waals surface area contributed by atoms with Gasteiger partial charge in [-0.15, -0.1) is 11.3 Å². The van der Waals surface area contributed by atoms with Crippen LogP contribution in [0.5, 0.6) is 5.75 Å². The number of benzene rings is 2. The summed E-state index contributed by atoms with van der Waals surface area (Å²) < 4.78 is 6.29. The maximum absolute atomic E-state index is 11.5. The van der Waals surface area contributed by atoms with Crippen molar-refractivity contribution in [1.82, 2.24) is 4.98 Å². The van der Waals surface area contributed by atoms with Crippen molar-refractivity contribution in [1.29, 1.82) is 0 Å². The lowest BCUT2D eigenvalue weighted by atomic mass is 10.1. The molecule has 4 nitrogen and oxygen atoms in total. The Bertz CT molecular complexity index is 999. The van der Waals surface area contributed by atoms with E-state index in [4.69, 9.17) is 4.42 Å². The molecule has 1 N–H and O–H groups in total. The average Bonchev–Trinajstić information content (AvgIpc) is 2.90. The highest BCUT2D eigenvalue weighted by Crippen LogP contribution is 2.39. The van der Waals surface area contributed by atoms with Crippen LogP contribution in [-0.4, -0.2) is 10.1 Å². The molecule has 4 aromatic rings. The molecule has 4 rings (SSSR count). The predicted octanol–water partition coefficient (Wildman–Crippen LogP) is 3.78. The van der Waals surface area contributed by atoms with Gasteiger partial charge in [-0.25, -0.2) is 9.78 Å². The molecule has 0 unspecified atom stereocenters. The number of thiazole rings is 1.